The Kier molecular flexibility index (Phi) is 8.63. The van der Waals surface area contributed by atoms with Crippen molar-refractivity contribution in [1.82, 2.24) is 14.1 Å². The summed E-state index contributed by atoms with van der Waals surface area (Å²) in [5.41, 5.74) is 0.993. The van der Waals surface area contributed by atoms with Gasteiger partial charge >= 0.3 is 0 Å². The van der Waals surface area contributed by atoms with Crippen molar-refractivity contribution in [2.24, 2.45) is 0 Å². The van der Waals surface area contributed by atoms with Gasteiger partial charge in [0.05, 0.1) is 11.4 Å². The maximum absolute atomic E-state index is 13.6. The number of likely N-dealkylation sites (tertiary alicyclic amines) is 1. The van der Waals surface area contributed by atoms with Crippen LogP contribution in [0.1, 0.15) is 38.7 Å². The van der Waals surface area contributed by atoms with Crippen LogP contribution in [-0.2, 0) is 26.2 Å². The van der Waals surface area contributed by atoms with Crippen LogP contribution in [0.25, 0.3) is 0 Å². The second-order valence-electron chi connectivity index (χ2n) is 8.40. The number of carbonyl (C=O) groups excluding carboxylic acids is 2. The van der Waals surface area contributed by atoms with E-state index in [4.69, 9.17) is 0 Å². The zero-order valence-corrected chi connectivity index (χ0v) is 20.2. The van der Waals surface area contributed by atoms with E-state index < -0.39 is 10.0 Å². The van der Waals surface area contributed by atoms with Crippen molar-refractivity contribution in [3.05, 3.63) is 66.2 Å². The monoisotopic (exact) mass is 471 g/mol. The largest absolute Gasteiger partial charge is 0.343 e. The molecular formula is C25H33N3O4S. The summed E-state index contributed by atoms with van der Waals surface area (Å²) in [6.07, 6.45) is 1.96. The summed E-state index contributed by atoms with van der Waals surface area (Å²) in [4.78, 5) is 29.1. The highest BCUT2D eigenvalue weighted by atomic mass is 32.2. The maximum atomic E-state index is 13.6. The van der Waals surface area contributed by atoms with E-state index in [2.05, 4.69) is 0 Å². The number of nitrogens with zero attached hydrogens (tertiary/aromatic N) is 3. The fraction of sp³-hybridized carbons (Fsp3) is 0.440. The second-order valence-corrected chi connectivity index (χ2v) is 10.3. The zero-order valence-electron chi connectivity index (χ0n) is 19.4. The van der Waals surface area contributed by atoms with Crippen LogP contribution in [0.4, 0.5) is 0 Å². The summed E-state index contributed by atoms with van der Waals surface area (Å²) in [6.45, 7) is 5.13. The fourth-order valence-corrected chi connectivity index (χ4v) is 5.71. The smallest absolute Gasteiger partial charge is 0.243 e. The molecule has 0 radical (unpaired) electrons. The van der Waals surface area contributed by atoms with Gasteiger partial charge in [-0.25, -0.2) is 8.42 Å². The first-order valence-corrected chi connectivity index (χ1v) is 12.9. The van der Waals surface area contributed by atoms with Crippen LogP contribution in [0, 0.1) is 0 Å². The number of sulfonamides is 1. The van der Waals surface area contributed by atoms with Crippen molar-refractivity contribution in [1.29, 1.82) is 0 Å². The third-order valence-electron chi connectivity index (χ3n) is 6.03. The summed E-state index contributed by atoms with van der Waals surface area (Å²) in [7, 11) is -3.78. The molecule has 178 valence electrons. The van der Waals surface area contributed by atoms with Crippen LogP contribution in [0.3, 0.4) is 0 Å². The molecule has 8 heteroatoms. The Bertz CT molecular complexity index is 1020. The van der Waals surface area contributed by atoms with Gasteiger partial charge in [0.1, 0.15) is 0 Å². The van der Waals surface area contributed by atoms with Crippen LogP contribution in [0.2, 0.25) is 0 Å². The van der Waals surface area contributed by atoms with E-state index in [9.17, 15) is 18.0 Å². The Labute approximate surface area is 197 Å². The summed E-state index contributed by atoms with van der Waals surface area (Å²) in [6, 6.07) is 17.9. The van der Waals surface area contributed by atoms with Crippen LogP contribution < -0.4 is 0 Å². The predicted molar refractivity (Wildman–Crippen MR) is 128 cm³/mol. The van der Waals surface area contributed by atoms with Gasteiger partial charge in [0, 0.05) is 39.1 Å². The molecule has 3 rings (SSSR count). The van der Waals surface area contributed by atoms with Crippen LogP contribution in [-0.4, -0.2) is 66.6 Å². The van der Waals surface area contributed by atoms with Crippen LogP contribution in [0.5, 0.6) is 0 Å². The number of hydrogen-bond acceptors (Lipinski definition) is 4. The van der Waals surface area contributed by atoms with Crippen LogP contribution in [0.15, 0.2) is 65.6 Å². The zero-order chi connectivity index (χ0) is 23.8. The van der Waals surface area contributed by atoms with Crippen LogP contribution >= 0.6 is 0 Å². The number of amides is 2. The molecule has 0 saturated carbocycles. The van der Waals surface area contributed by atoms with Crippen molar-refractivity contribution in [3.63, 3.8) is 0 Å². The molecule has 1 heterocycles. The number of rotatable bonds is 9. The van der Waals surface area contributed by atoms with E-state index in [1.54, 1.807) is 47.1 Å². The molecule has 0 spiro atoms. The Hall–Kier alpha value is -2.71. The summed E-state index contributed by atoms with van der Waals surface area (Å²) in [5.74, 6) is -0.175. The van der Waals surface area contributed by atoms with E-state index >= 15 is 0 Å². The van der Waals surface area contributed by atoms with Gasteiger partial charge in [0.15, 0.2) is 0 Å². The highest BCUT2D eigenvalue weighted by Gasteiger charge is 2.32. The molecule has 0 bridgehead atoms. The normalized spacial score (nSPS) is 14.9. The van der Waals surface area contributed by atoms with Crippen molar-refractivity contribution in [2.75, 3.05) is 26.2 Å². The van der Waals surface area contributed by atoms with Gasteiger partial charge < -0.3 is 9.80 Å². The van der Waals surface area contributed by atoms with E-state index in [1.165, 1.54) is 4.31 Å². The standard InChI is InChI=1S/C25H33N3O4S/c1-3-16-27(33(31,32)24-12-8-5-9-13-24)20-25(30)28(19-22-10-6-4-7-11-22)23-14-17-26(18-15-23)21(2)29/h4-13,23H,3,14-20H2,1-2H3. The average molecular weight is 472 g/mol. The molecule has 7 nitrogen and oxygen atoms in total. The summed E-state index contributed by atoms with van der Waals surface area (Å²) >= 11 is 0. The fourth-order valence-electron chi connectivity index (χ4n) is 4.21. The topological polar surface area (TPSA) is 78.0 Å². The number of hydrogen-bond donors (Lipinski definition) is 0. The van der Waals surface area contributed by atoms with Gasteiger partial charge in [-0.1, -0.05) is 55.5 Å². The lowest BCUT2D eigenvalue weighted by molar-refractivity contribution is -0.137. The average Bonchev–Trinajstić information content (AvgIpc) is 2.83. The van der Waals surface area contributed by atoms with E-state index in [0.717, 1.165) is 5.56 Å². The van der Waals surface area contributed by atoms with Crippen molar-refractivity contribution in [2.45, 2.75) is 50.6 Å². The first-order valence-electron chi connectivity index (χ1n) is 11.5. The molecule has 1 fully saturated rings. The first kappa shape index (κ1) is 24.9. The Morgan fingerprint density at radius 3 is 2.09 bits per heavy atom. The number of piperidine rings is 1. The molecular weight excluding hydrogens is 438 g/mol. The van der Waals surface area contributed by atoms with Gasteiger partial charge in [-0.15, -0.1) is 0 Å². The highest BCUT2D eigenvalue weighted by Crippen LogP contribution is 2.22. The Balaban J connectivity index is 1.82. The van der Waals surface area contributed by atoms with E-state index in [-0.39, 0.29) is 35.8 Å². The molecule has 33 heavy (non-hydrogen) atoms. The number of benzene rings is 2. The minimum absolute atomic E-state index is 0.0393. The maximum Gasteiger partial charge on any atom is 0.243 e. The summed E-state index contributed by atoms with van der Waals surface area (Å²) in [5, 5.41) is 0. The molecule has 2 aromatic carbocycles. The molecule has 1 aliphatic rings. The molecule has 2 amide bonds. The minimum atomic E-state index is -3.78. The van der Waals surface area contributed by atoms with Crippen molar-refractivity contribution in [3.8, 4) is 0 Å². The number of carbonyl (C=O) groups is 2. The van der Waals surface area contributed by atoms with Gasteiger partial charge in [-0.3, -0.25) is 9.59 Å². The van der Waals surface area contributed by atoms with Gasteiger partial charge in [-0.05, 0) is 37.0 Å². The lowest BCUT2D eigenvalue weighted by Gasteiger charge is -2.39. The highest BCUT2D eigenvalue weighted by molar-refractivity contribution is 7.89. The summed E-state index contributed by atoms with van der Waals surface area (Å²) < 4.78 is 27.8. The minimum Gasteiger partial charge on any atom is -0.343 e. The SMILES string of the molecule is CCCN(CC(=O)N(Cc1ccccc1)C1CCN(C(C)=O)CC1)S(=O)(=O)c1ccccc1. The second kappa shape index (κ2) is 11.4. The van der Waals surface area contributed by atoms with E-state index in [1.807, 2.05) is 37.3 Å². The Morgan fingerprint density at radius 2 is 1.55 bits per heavy atom. The molecule has 0 aliphatic carbocycles. The Morgan fingerprint density at radius 1 is 0.970 bits per heavy atom. The predicted octanol–water partition coefficient (Wildman–Crippen LogP) is 3.13. The van der Waals surface area contributed by atoms with Gasteiger partial charge in [-0.2, -0.15) is 4.31 Å². The molecule has 0 aromatic heterocycles. The third kappa shape index (κ3) is 6.42. The van der Waals surface area contributed by atoms with Crippen molar-refractivity contribution < 1.29 is 18.0 Å². The van der Waals surface area contributed by atoms with Crippen molar-refractivity contribution >= 4 is 21.8 Å². The molecule has 2 aromatic rings. The molecule has 1 aliphatic heterocycles. The van der Waals surface area contributed by atoms with E-state index in [0.29, 0.717) is 38.9 Å². The third-order valence-corrected chi connectivity index (χ3v) is 7.89. The molecule has 0 N–H and O–H groups in total. The van der Waals surface area contributed by atoms with Gasteiger partial charge in [0.2, 0.25) is 21.8 Å². The van der Waals surface area contributed by atoms with Gasteiger partial charge in [0.25, 0.3) is 0 Å². The molecule has 0 atom stereocenters. The molecule has 1 saturated heterocycles. The quantitative estimate of drug-likeness (QED) is 0.563. The molecule has 0 unspecified atom stereocenters. The first-order chi connectivity index (χ1) is 15.8. The lowest BCUT2D eigenvalue weighted by Crippen LogP contribution is -2.51. The lowest BCUT2D eigenvalue weighted by atomic mass is 10.0.